The van der Waals surface area contributed by atoms with Gasteiger partial charge >= 0.3 is 0 Å². The molecule has 1 atom stereocenters. The number of ether oxygens (including phenoxy) is 2. The molecule has 0 radical (unpaired) electrons. The summed E-state index contributed by atoms with van der Waals surface area (Å²) in [5.41, 5.74) is 3.29. The summed E-state index contributed by atoms with van der Waals surface area (Å²) < 4.78 is 15.6. The molecule has 0 saturated heterocycles. The quantitative estimate of drug-likeness (QED) is 0.275. The second-order valence-electron chi connectivity index (χ2n) is 6.80. The highest BCUT2D eigenvalue weighted by Gasteiger charge is 2.16. The fourth-order valence-corrected chi connectivity index (χ4v) is 3.52. The third-order valence-electron chi connectivity index (χ3n) is 4.46. The van der Waals surface area contributed by atoms with Gasteiger partial charge in [-0.1, -0.05) is 5.16 Å². The molecule has 2 N–H and O–H groups in total. The molecule has 2 aromatic carbocycles. The highest BCUT2D eigenvalue weighted by molar-refractivity contribution is 8.15. The van der Waals surface area contributed by atoms with Crippen LogP contribution in [-0.4, -0.2) is 57.5 Å². The van der Waals surface area contributed by atoms with E-state index in [-0.39, 0.29) is 6.61 Å². The van der Waals surface area contributed by atoms with Crippen LogP contribution in [0.15, 0.2) is 57.0 Å². The lowest BCUT2D eigenvalue weighted by molar-refractivity contribution is -0.0653. The van der Waals surface area contributed by atoms with Crippen LogP contribution in [-0.2, 0) is 11.3 Å². The Morgan fingerprint density at radius 3 is 2.55 bits per heavy atom. The van der Waals surface area contributed by atoms with E-state index in [2.05, 4.69) is 15.1 Å². The minimum atomic E-state index is -1.34. The van der Waals surface area contributed by atoms with Gasteiger partial charge in [0.2, 0.25) is 11.7 Å². The van der Waals surface area contributed by atoms with Crippen molar-refractivity contribution >= 4 is 28.2 Å². The summed E-state index contributed by atoms with van der Waals surface area (Å²) in [6.07, 6.45) is 0.492. The Morgan fingerprint density at radius 1 is 1.21 bits per heavy atom. The van der Waals surface area contributed by atoms with Crippen molar-refractivity contribution in [2.75, 3.05) is 20.0 Å². The first kappa shape index (κ1) is 24.6. The van der Waals surface area contributed by atoms with Gasteiger partial charge in [-0.2, -0.15) is 4.98 Å². The zero-order valence-electron chi connectivity index (χ0n) is 18.8. The van der Waals surface area contributed by atoms with E-state index in [0.29, 0.717) is 51.6 Å². The van der Waals surface area contributed by atoms with Gasteiger partial charge in [-0.15, -0.1) is 11.8 Å². The van der Waals surface area contributed by atoms with Crippen LogP contribution in [0, 0.1) is 6.92 Å². The van der Waals surface area contributed by atoms with E-state index >= 15 is 0 Å². The number of aromatic nitrogens is 2. The minimum absolute atomic E-state index is 0.160. The predicted molar refractivity (Wildman–Crippen MR) is 128 cm³/mol. The largest absolute Gasteiger partial charge is 0.494 e. The molecule has 3 rings (SSSR count). The lowest BCUT2D eigenvalue weighted by Crippen LogP contribution is -2.17. The van der Waals surface area contributed by atoms with Crippen molar-refractivity contribution in [2.24, 2.45) is 9.98 Å². The van der Waals surface area contributed by atoms with Gasteiger partial charge in [-0.25, -0.2) is 9.98 Å². The second-order valence-corrected chi connectivity index (χ2v) is 7.60. The van der Waals surface area contributed by atoms with E-state index < -0.39 is 6.41 Å². The number of aliphatic hydroxyl groups is 2. The van der Waals surface area contributed by atoms with Crippen LogP contribution in [0.4, 0.5) is 5.69 Å². The van der Waals surface area contributed by atoms with Crippen molar-refractivity contribution in [1.29, 1.82) is 0 Å². The third kappa shape index (κ3) is 6.48. The number of aryl methyl sites for hydroxylation is 1. The molecule has 1 aromatic heterocycles. The molecule has 174 valence electrons. The molecule has 0 saturated carbocycles. The zero-order valence-corrected chi connectivity index (χ0v) is 19.7. The van der Waals surface area contributed by atoms with Crippen molar-refractivity contribution < 1.29 is 24.2 Å². The Kier molecular flexibility index (Phi) is 8.72. The maximum atomic E-state index is 9.96. The molecule has 1 heterocycles. The molecule has 0 aliphatic rings. The maximum Gasteiger partial charge on any atom is 0.256 e. The van der Waals surface area contributed by atoms with Crippen LogP contribution < -0.4 is 4.74 Å². The normalized spacial score (nSPS) is 13.3. The Morgan fingerprint density at radius 2 is 1.97 bits per heavy atom. The number of hydrogen-bond donors (Lipinski definition) is 2. The molecule has 3 aromatic rings. The van der Waals surface area contributed by atoms with Crippen LogP contribution in [0.2, 0.25) is 0 Å². The molecule has 10 heteroatoms. The number of aliphatic hydroxyl groups excluding tert-OH is 2. The topological polar surface area (TPSA) is 123 Å². The van der Waals surface area contributed by atoms with Crippen molar-refractivity contribution in [3.63, 3.8) is 0 Å². The first-order valence-electron chi connectivity index (χ1n) is 10.2. The molecule has 0 amide bonds. The number of nitrogens with zero attached hydrogens (tertiary/aromatic N) is 4. The molecular formula is C23H26N4O5S. The molecule has 9 nitrogen and oxygen atoms in total. The van der Waals surface area contributed by atoms with E-state index in [1.54, 1.807) is 13.0 Å². The van der Waals surface area contributed by atoms with Crippen LogP contribution in [0.5, 0.6) is 5.75 Å². The van der Waals surface area contributed by atoms with Crippen molar-refractivity contribution in [1.82, 2.24) is 10.1 Å². The summed E-state index contributed by atoms with van der Waals surface area (Å²) in [6, 6.07) is 12.7. The number of rotatable bonds is 9. The molecule has 33 heavy (non-hydrogen) atoms. The van der Waals surface area contributed by atoms with Gasteiger partial charge in [-0.3, -0.25) is 0 Å². The number of thioether (sulfide) groups is 1. The fraction of sp³-hybridized carbons (Fsp3) is 0.304. The van der Waals surface area contributed by atoms with E-state index in [1.165, 1.54) is 18.9 Å². The third-order valence-corrected chi connectivity index (χ3v) is 5.15. The molecule has 0 aliphatic heterocycles. The second kappa shape index (κ2) is 11.7. The van der Waals surface area contributed by atoms with E-state index in [4.69, 9.17) is 19.0 Å². The molecule has 0 spiro atoms. The number of aliphatic imine (C=N–C) groups is 2. The number of benzene rings is 2. The van der Waals surface area contributed by atoms with Gasteiger partial charge in [0.1, 0.15) is 16.5 Å². The average Bonchev–Trinajstić information content (AvgIpc) is 3.27. The summed E-state index contributed by atoms with van der Waals surface area (Å²) in [5.74, 6) is 1.58. The number of hydrogen-bond acceptors (Lipinski definition) is 10. The van der Waals surface area contributed by atoms with Crippen molar-refractivity contribution in [3.8, 4) is 17.1 Å². The zero-order chi connectivity index (χ0) is 23.8. The number of methoxy groups -OCH3 is 1. The molecule has 0 aliphatic carbocycles. The van der Waals surface area contributed by atoms with Gasteiger partial charge < -0.3 is 24.2 Å². The summed E-state index contributed by atoms with van der Waals surface area (Å²) >= 11 is 1.31. The van der Waals surface area contributed by atoms with Crippen molar-refractivity contribution in [2.45, 2.75) is 26.9 Å². The fourth-order valence-electron chi connectivity index (χ4n) is 2.97. The Balaban J connectivity index is 2.10. The van der Waals surface area contributed by atoms with E-state index in [9.17, 15) is 10.2 Å². The predicted octanol–water partition coefficient (Wildman–Crippen LogP) is 3.74. The standard InChI is InChI=1S/C23H26N4O5S/c1-5-31-19-11-15(13-28)10-17(12-19)20(22(33-4)26-23(29)30-3)25-18-8-6-16(7-9-18)21-24-14(2)32-27-21/h6-12,23,28-29H,5,13H2,1-4H3/b25-20?,26-22-. The summed E-state index contributed by atoms with van der Waals surface area (Å²) in [4.78, 5) is 13.3. The SMILES string of the molecule is CCOc1cc(CO)cc(C(=Nc2ccc(-c3noc(C)n3)cc2)/C(=N/C(O)OC)SC)c1. The highest BCUT2D eigenvalue weighted by atomic mass is 32.2. The maximum absolute atomic E-state index is 9.96. The van der Waals surface area contributed by atoms with Gasteiger partial charge in [0.15, 0.2) is 0 Å². The lowest BCUT2D eigenvalue weighted by Gasteiger charge is -2.14. The van der Waals surface area contributed by atoms with Gasteiger partial charge in [0.25, 0.3) is 6.41 Å². The van der Waals surface area contributed by atoms with Gasteiger partial charge in [-0.05, 0) is 61.2 Å². The van der Waals surface area contributed by atoms with Crippen LogP contribution in [0.3, 0.4) is 0 Å². The summed E-state index contributed by atoms with van der Waals surface area (Å²) in [5, 5.41) is 24.1. The average molecular weight is 471 g/mol. The van der Waals surface area contributed by atoms with E-state index in [1.807, 2.05) is 49.6 Å². The van der Waals surface area contributed by atoms with Crippen molar-refractivity contribution in [3.05, 3.63) is 59.5 Å². The molecule has 0 fully saturated rings. The van der Waals surface area contributed by atoms with E-state index in [0.717, 1.165) is 5.56 Å². The van der Waals surface area contributed by atoms with Crippen LogP contribution >= 0.6 is 11.8 Å². The minimum Gasteiger partial charge on any atom is -0.494 e. The van der Waals surface area contributed by atoms with Crippen LogP contribution in [0.25, 0.3) is 11.4 Å². The lowest BCUT2D eigenvalue weighted by atomic mass is 10.1. The first-order valence-corrected chi connectivity index (χ1v) is 11.4. The Hall–Kier alpha value is -3.05. The highest BCUT2D eigenvalue weighted by Crippen LogP contribution is 2.25. The summed E-state index contributed by atoms with van der Waals surface area (Å²) in [6.45, 7) is 3.93. The molecule has 1 unspecified atom stereocenters. The molecular weight excluding hydrogens is 444 g/mol. The Labute approximate surface area is 196 Å². The monoisotopic (exact) mass is 470 g/mol. The van der Waals surface area contributed by atoms with Crippen LogP contribution in [0.1, 0.15) is 23.9 Å². The van der Waals surface area contributed by atoms with Gasteiger partial charge in [0, 0.05) is 25.2 Å². The first-order chi connectivity index (χ1) is 16.0. The van der Waals surface area contributed by atoms with Gasteiger partial charge in [0.05, 0.1) is 18.9 Å². The molecule has 0 bridgehead atoms. The Bertz CT molecular complexity index is 1130. The summed E-state index contributed by atoms with van der Waals surface area (Å²) in [7, 11) is 1.36. The smallest absolute Gasteiger partial charge is 0.256 e.